The van der Waals surface area contributed by atoms with Gasteiger partial charge in [-0.15, -0.1) is 0 Å². The lowest BCUT2D eigenvalue weighted by Crippen LogP contribution is -2.17. The van der Waals surface area contributed by atoms with Gasteiger partial charge >= 0.3 is 5.69 Å². The van der Waals surface area contributed by atoms with Gasteiger partial charge in [0.2, 0.25) is 0 Å². The van der Waals surface area contributed by atoms with Gasteiger partial charge in [0.05, 0.1) is 22.5 Å². The number of halogens is 2. The van der Waals surface area contributed by atoms with E-state index in [1.165, 1.54) is 10.9 Å². The lowest BCUT2D eigenvalue weighted by molar-refractivity contribution is -0.385. The van der Waals surface area contributed by atoms with Crippen LogP contribution in [0.15, 0.2) is 51.9 Å². The van der Waals surface area contributed by atoms with Gasteiger partial charge in [-0.3, -0.25) is 24.3 Å². The van der Waals surface area contributed by atoms with Crippen molar-refractivity contribution in [3.8, 4) is 0 Å². The summed E-state index contributed by atoms with van der Waals surface area (Å²) in [5.41, 5.74) is 1.21. The van der Waals surface area contributed by atoms with Crippen molar-refractivity contribution in [1.82, 2.24) is 24.7 Å². The molecular weight excluding hydrogens is 506 g/mol. The van der Waals surface area contributed by atoms with Crippen molar-refractivity contribution < 1.29 is 14.2 Å². The summed E-state index contributed by atoms with van der Waals surface area (Å²) in [7, 11) is 0. The minimum Gasteiger partial charge on any atom is -0.361 e. The van der Waals surface area contributed by atoms with E-state index in [2.05, 4.69) is 36.6 Å². The van der Waals surface area contributed by atoms with Gasteiger partial charge in [0.15, 0.2) is 11.5 Å². The van der Waals surface area contributed by atoms with E-state index >= 15 is 0 Å². The molecular formula is C19H15BrClN7O4. The van der Waals surface area contributed by atoms with Crippen LogP contribution in [0.4, 0.5) is 11.5 Å². The molecule has 0 saturated carbocycles. The number of nitrogens with zero attached hydrogens (tertiary/aromatic N) is 6. The Kier molecular flexibility index (Phi) is 6.06. The Bertz CT molecular complexity index is 1310. The van der Waals surface area contributed by atoms with E-state index in [0.29, 0.717) is 33.2 Å². The minimum atomic E-state index is -0.548. The molecule has 164 valence electrons. The first-order valence-corrected chi connectivity index (χ1v) is 10.4. The van der Waals surface area contributed by atoms with E-state index in [1.54, 1.807) is 23.9 Å². The average molecular weight is 521 g/mol. The number of hydrogen-bond donors (Lipinski definition) is 1. The Morgan fingerprint density at radius 1 is 1.28 bits per heavy atom. The second kappa shape index (κ2) is 8.93. The van der Waals surface area contributed by atoms with Crippen LogP contribution in [-0.4, -0.2) is 35.5 Å². The Labute approximate surface area is 194 Å². The van der Waals surface area contributed by atoms with Gasteiger partial charge in [-0.1, -0.05) is 35.0 Å². The van der Waals surface area contributed by atoms with Crippen LogP contribution in [0, 0.1) is 17.0 Å². The van der Waals surface area contributed by atoms with Crippen LogP contribution in [0.25, 0.3) is 0 Å². The molecule has 3 heterocycles. The van der Waals surface area contributed by atoms with Crippen LogP contribution >= 0.6 is 27.5 Å². The maximum Gasteiger partial charge on any atom is 0.307 e. The average Bonchev–Trinajstić information content (AvgIpc) is 3.45. The first-order valence-electron chi connectivity index (χ1n) is 9.21. The molecule has 11 nitrogen and oxygen atoms in total. The molecule has 32 heavy (non-hydrogen) atoms. The number of aryl methyl sites for hydroxylation is 1. The molecule has 0 radical (unpaired) electrons. The van der Waals surface area contributed by atoms with E-state index in [9.17, 15) is 14.9 Å². The van der Waals surface area contributed by atoms with Gasteiger partial charge in [-0.2, -0.15) is 10.2 Å². The number of hydrogen-bond acceptors (Lipinski definition) is 7. The number of anilines is 1. The summed E-state index contributed by atoms with van der Waals surface area (Å²) in [5.74, 6) is 0.155. The number of rotatable bonds is 7. The zero-order valence-electron chi connectivity index (χ0n) is 16.5. The number of carbonyl (C=O) groups excluding carboxylic acids is 1. The molecule has 13 heteroatoms. The lowest BCUT2D eigenvalue weighted by atomic mass is 10.2. The van der Waals surface area contributed by atoms with Crippen molar-refractivity contribution in [2.75, 3.05) is 5.32 Å². The molecule has 4 aromatic rings. The topological polar surface area (TPSA) is 134 Å². The maximum absolute atomic E-state index is 12.9. The molecule has 1 amide bonds. The molecule has 0 unspecified atom stereocenters. The Morgan fingerprint density at radius 2 is 2.06 bits per heavy atom. The predicted octanol–water partition coefficient (Wildman–Crippen LogP) is 4.05. The molecule has 0 aliphatic carbocycles. The Morgan fingerprint density at radius 3 is 2.78 bits per heavy atom. The summed E-state index contributed by atoms with van der Waals surface area (Å²) in [6.07, 6.45) is 4.11. The van der Waals surface area contributed by atoms with E-state index in [4.69, 9.17) is 16.1 Å². The number of nitro groups is 1. The van der Waals surface area contributed by atoms with E-state index in [0.717, 1.165) is 11.8 Å². The summed E-state index contributed by atoms with van der Waals surface area (Å²) in [4.78, 5) is 23.2. The van der Waals surface area contributed by atoms with Crippen LogP contribution in [0.5, 0.6) is 0 Å². The zero-order chi connectivity index (χ0) is 22.8. The summed E-state index contributed by atoms with van der Waals surface area (Å²) < 4.78 is 8.72. The highest BCUT2D eigenvalue weighted by molar-refractivity contribution is 9.10. The van der Waals surface area contributed by atoms with Crippen molar-refractivity contribution in [2.24, 2.45) is 0 Å². The second-order valence-electron chi connectivity index (χ2n) is 6.79. The second-order valence-corrected chi connectivity index (χ2v) is 8.05. The molecule has 0 aliphatic rings. The number of amides is 1. The number of aromatic nitrogens is 5. The third kappa shape index (κ3) is 4.55. The maximum atomic E-state index is 12.9. The van der Waals surface area contributed by atoms with Gasteiger partial charge in [-0.25, -0.2) is 0 Å². The van der Waals surface area contributed by atoms with Crippen LogP contribution in [0.1, 0.15) is 27.4 Å². The fraction of sp³-hybridized carbons (Fsp3) is 0.158. The van der Waals surface area contributed by atoms with Crippen molar-refractivity contribution in [3.05, 3.63) is 85.0 Å². The SMILES string of the molecule is Cc1onc(C(=O)Nc2nn(Cc3ccccc3Cl)cc2Br)c1Cn1cc([N+](=O)[O-])cn1. The molecule has 0 fully saturated rings. The number of nitrogens with one attached hydrogen (secondary N) is 1. The molecule has 0 aliphatic heterocycles. The standard InChI is InChI=1S/C19H15BrClN7O4/c1-11-14(9-26-8-13(6-22-26)28(30)31)17(25-32-11)19(29)23-18-15(20)10-27(24-18)7-12-4-2-3-5-16(12)21/h2-6,8,10H,7,9H2,1H3,(H,23,24,29). The van der Waals surface area contributed by atoms with Crippen LogP contribution in [0.2, 0.25) is 5.02 Å². The largest absolute Gasteiger partial charge is 0.361 e. The third-order valence-electron chi connectivity index (χ3n) is 4.59. The highest BCUT2D eigenvalue weighted by Crippen LogP contribution is 2.24. The van der Waals surface area contributed by atoms with Crippen LogP contribution in [-0.2, 0) is 13.1 Å². The Hall–Kier alpha value is -3.51. The fourth-order valence-electron chi connectivity index (χ4n) is 2.98. The molecule has 4 rings (SSSR count). The van der Waals surface area contributed by atoms with Crippen molar-refractivity contribution in [1.29, 1.82) is 0 Å². The van der Waals surface area contributed by atoms with E-state index < -0.39 is 10.8 Å². The highest BCUT2D eigenvalue weighted by Gasteiger charge is 2.23. The lowest BCUT2D eigenvalue weighted by Gasteiger charge is -2.05. The van der Waals surface area contributed by atoms with Crippen molar-refractivity contribution >= 4 is 44.9 Å². The molecule has 0 atom stereocenters. The Balaban J connectivity index is 1.52. The number of carbonyl (C=O) groups is 1. The monoisotopic (exact) mass is 519 g/mol. The van der Waals surface area contributed by atoms with E-state index in [-0.39, 0.29) is 17.9 Å². The van der Waals surface area contributed by atoms with Crippen LogP contribution in [0.3, 0.4) is 0 Å². The van der Waals surface area contributed by atoms with Gasteiger partial charge in [0.1, 0.15) is 18.2 Å². The zero-order valence-corrected chi connectivity index (χ0v) is 18.9. The number of benzene rings is 1. The predicted molar refractivity (Wildman–Crippen MR) is 118 cm³/mol. The summed E-state index contributed by atoms with van der Waals surface area (Å²) >= 11 is 9.60. The minimum absolute atomic E-state index is 0.0354. The molecule has 0 bridgehead atoms. The van der Waals surface area contributed by atoms with Crippen molar-refractivity contribution in [2.45, 2.75) is 20.0 Å². The van der Waals surface area contributed by atoms with Gasteiger partial charge in [0.25, 0.3) is 5.91 Å². The molecule has 0 spiro atoms. The van der Waals surface area contributed by atoms with Gasteiger partial charge in [0, 0.05) is 16.8 Å². The first-order chi connectivity index (χ1) is 15.3. The molecule has 0 saturated heterocycles. The van der Waals surface area contributed by atoms with Crippen LogP contribution < -0.4 is 5.32 Å². The fourth-order valence-corrected chi connectivity index (χ4v) is 3.59. The van der Waals surface area contributed by atoms with E-state index in [1.807, 2.05) is 18.2 Å². The smallest absolute Gasteiger partial charge is 0.307 e. The summed E-state index contributed by atoms with van der Waals surface area (Å²) in [5, 5.41) is 26.3. The first kappa shape index (κ1) is 21.7. The third-order valence-corrected chi connectivity index (χ3v) is 5.54. The van der Waals surface area contributed by atoms with Gasteiger partial charge < -0.3 is 9.84 Å². The molecule has 1 aromatic carbocycles. The summed E-state index contributed by atoms with van der Waals surface area (Å²) in [6.45, 7) is 2.14. The van der Waals surface area contributed by atoms with Crippen molar-refractivity contribution in [3.63, 3.8) is 0 Å². The normalized spacial score (nSPS) is 11.0. The molecule has 1 N–H and O–H groups in total. The summed E-state index contributed by atoms with van der Waals surface area (Å²) in [6, 6.07) is 7.40. The highest BCUT2D eigenvalue weighted by atomic mass is 79.9. The molecule has 3 aromatic heterocycles. The van der Waals surface area contributed by atoms with Gasteiger partial charge in [-0.05, 0) is 34.5 Å². The quantitative estimate of drug-likeness (QED) is 0.287.